The van der Waals surface area contributed by atoms with Crippen molar-refractivity contribution >= 4 is 16.7 Å². The second-order valence-corrected chi connectivity index (χ2v) is 6.11. The number of benzene rings is 1. The number of hydrogen-bond donors (Lipinski definition) is 1. The number of anilines is 1. The SMILES string of the molecule is CCCc1nc2cc(N)ccc2n1CCCN(C)C(C)C. The average molecular weight is 288 g/mol. The number of fused-ring (bicyclic) bond motifs is 1. The third kappa shape index (κ3) is 3.76. The van der Waals surface area contributed by atoms with E-state index in [1.165, 1.54) is 11.3 Å². The summed E-state index contributed by atoms with van der Waals surface area (Å²) in [6, 6.07) is 6.64. The molecule has 2 N–H and O–H groups in total. The fourth-order valence-electron chi connectivity index (χ4n) is 2.60. The van der Waals surface area contributed by atoms with Crippen molar-refractivity contribution in [2.24, 2.45) is 0 Å². The van der Waals surface area contributed by atoms with Crippen molar-refractivity contribution in [2.75, 3.05) is 19.3 Å². The van der Waals surface area contributed by atoms with E-state index in [9.17, 15) is 0 Å². The Morgan fingerprint density at radius 1 is 1.33 bits per heavy atom. The molecule has 0 fully saturated rings. The Morgan fingerprint density at radius 2 is 2.10 bits per heavy atom. The topological polar surface area (TPSA) is 47.1 Å². The van der Waals surface area contributed by atoms with Gasteiger partial charge in [-0.15, -0.1) is 0 Å². The molecule has 0 bridgehead atoms. The van der Waals surface area contributed by atoms with E-state index in [1.807, 2.05) is 12.1 Å². The van der Waals surface area contributed by atoms with Crippen molar-refractivity contribution in [2.45, 2.75) is 52.6 Å². The number of nitrogens with zero attached hydrogens (tertiary/aromatic N) is 3. The maximum atomic E-state index is 5.87. The average Bonchev–Trinajstić information content (AvgIpc) is 2.76. The fourth-order valence-corrected chi connectivity index (χ4v) is 2.60. The summed E-state index contributed by atoms with van der Waals surface area (Å²) in [6.45, 7) is 8.80. The Morgan fingerprint density at radius 3 is 2.76 bits per heavy atom. The molecule has 0 aliphatic heterocycles. The maximum absolute atomic E-state index is 5.87. The van der Waals surface area contributed by atoms with E-state index in [0.29, 0.717) is 6.04 Å². The monoisotopic (exact) mass is 288 g/mol. The van der Waals surface area contributed by atoms with E-state index in [2.05, 4.69) is 43.4 Å². The number of nitrogens with two attached hydrogens (primary N) is 1. The first kappa shape index (κ1) is 15.8. The van der Waals surface area contributed by atoms with E-state index in [0.717, 1.165) is 43.6 Å². The summed E-state index contributed by atoms with van der Waals surface area (Å²) in [6.07, 6.45) is 3.28. The van der Waals surface area contributed by atoms with Gasteiger partial charge >= 0.3 is 0 Å². The van der Waals surface area contributed by atoms with Crippen molar-refractivity contribution in [3.05, 3.63) is 24.0 Å². The Bertz CT molecular complexity index is 586. The third-order valence-electron chi connectivity index (χ3n) is 4.10. The van der Waals surface area contributed by atoms with Gasteiger partial charge in [-0.05, 0) is 58.5 Å². The number of rotatable bonds is 7. The predicted octanol–water partition coefficient (Wildman–Crippen LogP) is 3.30. The summed E-state index contributed by atoms with van der Waals surface area (Å²) < 4.78 is 2.37. The van der Waals surface area contributed by atoms with E-state index >= 15 is 0 Å². The fraction of sp³-hybridized carbons (Fsp3) is 0.588. The zero-order valence-electron chi connectivity index (χ0n) is 13.8. The van der Waals surface area contributed by atoms with Crippen LogP contribution in [0.25, 0.3) is 11.0 Å². The first-order valence-corrected chi connectivity index (χ1v) is 7.97. The first-order valence-electron chi connectivity index (χ1n) is 7.97. The lowest BCUT2D eigenvalue weighted by Crippen LogP contribution is -2.28. The molecule has 0 radical (unpaired) electrons. The maximum Gasteiger partial charge on any atom is 0.109 e. The quantitative estimate of drug-likeness (QED) is 0.795. The van der Waals surface area contributed by atoms with Gasteiger partial charge in [0, 0.05) is 24.7 Å². The summed E-state index contributed by atoms with van der Waals surface area (Å²) in [4.78, 5) is 7.15. The molecule has 0 saturated carbocycles. The Balaban J connectivity index is 2.18. The molecule has 4 heteroatoms. The minimum Gasteiger partial charge on any atom is -0.399 e. The molecule has 2 rings (SSSR count). The van der Waals surface area contributed by atoms with Gasteiger partial charge in [0.25, 0.3) is 0 Å². The smallest absolute Gasteiger partial charge is 0.109 e. The second-order valence-electron chi connectivity index (χ2n) is 6.11. The van der Waals surface area contributed by atoms with Gasteiger partial charge in [0.1, 0.15) is 5.82 Å². The number of hydrogen-bond acceptors (Lipinski definition) is 3. The Kier molecular flexibility index (Phi) is 5.23. The lowest BCUT2D eigenvalue weighted by Gasteiger charge is -2.21. The van der Waals surface area contributed by atoms with Crippen LogP contribution < -0.4 is 5.73 Å². The molecule has 116 valence electrons. The molecule has 1 heterocycles. The van der Waals surface area contributed by atoms with Gasteiger partial charge in [-0.3, -0.25) is 0 Å². The van der Waals surface area contributed by atoms with Crippen LogP contribution in [-0.2, 0) is 13.0 Å². The van der Waals surface area contributed by atoms with Crippen molar-refractivity contribution in [3.63, 3.8) is 0 Å². The van der Waals surface area contributed by atoms with Crippen LogP contribution in [0.3, 0.4) is 0 Å². The molecule has 0 unspecified atom stereocenters. The van der Waals surface area contributed by atoms with Crippen molar-refractivity contribution in [3.8, 4) is 0 Å². The van der Waals surface area contributed by atoms with Crippen LogP contribution in [0.2, 0.25) is 0 Å². The van der Waals surface area contributed by atoms with E-state index < -0.39 is 0 Å². The summed E-state index contributed by atoms with van der Waals surface area (Å²) in [5, 5.41) is 0. The van der Waals surface area contributed by atoms with Crippen LogP contribution in [0.15, 0.2) is 18.2 Å². The van der Waals surface area contributed by atoms with Gasteiger partial charge in [0.05, 0.1) is 11.0 Å². The summed E-state index contributed by atoms with van der Waals surface area (Å²) in [7, 11) is 2.18. The summed E-state index contributed by atoms with van der Waals surface area (Å²) in [5.74, 6) is 1.19. The minimum atomic E-state index is 0.597. The summed E-state index contributed by atoms with van der Waals surface area (Å²) >= 11 is 0. The predicted molar refractivity (Wildman–Crippen MR) is 90.5 cm³/mol. The number of imidazole rings is 1. The normalized spacial score (nSPS) is 11.9. The van der Waals surface area contributed by atoms with Crippen molar-refractivity contribution < 1.29 is 0 Å². The van der Waals surface area contributed by atoms with Crippen LogP contribution in [-0.4, -0.2) is 34.1 Å². The zero-order chi connectivity index (χ0) is 15.4. The molecule has 0 aliphatic carbocycles. The van der Waals surface area contributed by atoms with Crippen molar-refractivity contribution in [1.29, 1.82) is 0 Å². The zero-order valence-corrected chi connectivity index (χ0v) is 13.8. The van der Waals surface area contributed by atoms with Crippen LogP contribution in [0.5, 0.6) is 0 Å². The molecule has 0 aliphatic rings. The minimum absolute atomic E-state index is 0.597. The third-order valence-corrected chi connectivity index (χ3v) is 4.10. The standard InChI is InChI=1S/C17H28N4/c1-5-7-17-19-15-12-14(18)8-9-16(15)21(17)11-6-10-20(4)13(2)3/h8-9,12-13H,5-7,10-11,18H2,1-4H3. The molecule has 21 heavy (non-hydrogen) atoms. The Hall–Kier alpha value is -1.55. The number of aromatic nitrogens is 2. The lowest BCUT2D eigenvalue weighted by atomic mass is 10.2. The summed E-state index contributed by atoms with van der Waals surface area (Å²) in [5.41, 5.74) is 8.89. The van der Waals surface area contributed by atoms with Gasteiger partial charge in [-0.2, -0.15) is 0 Å². The van der Waals surface area contributed by atoms with Crippen LogP contribution in [0.1, 0.15) is 39.4 Å². The molecule has 1 aromatic heterocycles. The highest BCUT2D eigenvalue weighted by atomic mass is 15.1. The highest BCUT2D eigenvalue weighted by Crippen LogP contribution is 2.20. The number of nitrogen functional groups attached to an aromatic ring is 1. The van der Waals surface area contributed by atoms with Gasteiger partial charge in [-0.25, -0.2) is 4.98 Å². The molecule has 0 amide bonds. The van der Waals surface area contributed by atoms with Gasteiger partial charge in [0.2, 0.25) is 0 Å². The molecular formula is C17H28N4. The molecule has 2 aromatic rings. The highest BCUT2D eigenvalue weighted by Gasteiger charge is 2.11. The van der Waals surface area contributed by atoms with Gasteiger partial charge in [-0.1, -0.05) is 6.92 Å². The van der Waals surface area contributed by atoms with Crippen LogP contribution >= 0.6 is 0 Å². The lowest BCUT2D eigenvalue weighted by molar-refractivity contribution is 0.265. The van der Waals surface area contributed by atoms with Crippen LogP contribution in [0, 0.1) is 0 Å². The largest absolute Gasteiger partial charge is 0.399 e. The first-order chi connectivity index (χ1) is 10.0. The van der Waals surface area contributed by atoms with Crippen LogP contribution in [0.4, 0.5) is 5.69 Å². The van der Waals surface area contributed by atoms with E-state index in [-0.39, 0.29) is 0 Å². The number of aryl methyl sites for hydroxylation is 2. The Labute approximate surface area is 128 Å². The van der Waals surface area contributed by atoms with Gasteiger partial charge < -0.3 is 15.2 Å². The molecule has 1 aromatic carbocycles. The van der Waals surface area contributed by atoms with E-state index in [1.54, 1.807) is 0 Å². The molecule has 0 spiro atoms. The highest BCUT2D eigenvalue weighted by molar-refractivity contribution is 5.79. The second kappa shape index (κ2) is 6.94. The van der Waals surface area contributed by atoms with Crippen molar-refractivity contribution in [1.82, 2.24) is 14.5 Å². The molecule has 0 atom stereocenters. The molecular weight excluding hydrogens is 260 g/mol. The molecule has 0 saturated heterocycles. The van der Waals surface area contributed by atoms with Gasteiger partial charge in [0.15, 0.2) is 0 Å². The van der Waals surface area contributed by atoms with E-state index in [4.69, 9.17) is 10.7 Å². The molecule has 4 nitrogen and oxygen atoms in total.